The number of hydrogen-bond acceptors (Lipinski definition) is 11. The summed E-state index contributed by atoms with van der Waals surface area (Å²) >= 11 is -11.7. The summed E-state index contributed by atoms with van der Waals surface area (Å²) in [6.45, 7) is 31.9. The van der Waals surface area contributed by atoms with Crippen LogP contribution in [0.1, 0.15) is 114 Å². The predicted molar refractivity (Wildman–Crippen MR) is 336 cm³/mol. The molecule has 468 valence electrons. The Morgan fingerprint density at radius 1 is 0.414 bits per heavy atom. The first-order chi connectivity index (χ1) is 41.3. The van der Waals surface area contributed by atoms with E-state index in [9.17, 15) is 0 Å². The fourth-order valence-electron chi connectivity index (χ4n) is 10.4. The molecule has 0 atom stereocenters. The van der Waals surface area contributed by atoms with Gasteiger partial charge in [0.2, 0.25) is 11.4 Å². The molecule has 6 aromatic carbocycles. The van der Waals surface area contributed by atoms with Crippen LogP contribution in [-0.2, 0) is 51.6 Å². The second-order valence-electron chi connectivity index (χ2n) is 19.5. The molecule has 0 amide bonds. The molecular weight excluding hydrogens is 1380 g/mol. The number of phosphoric acid groups is 1. The fourth-order valence-corrected chi connectivity index (χ4v) is 10.4. The zero-order valence-corrected chi connectivity index (χ0v) is 57.2. The molecule has 0 radical (unpaired) electrons. The minimum atomic E-state index is -6.02. The van der Waals surface area contributed by atoms with Gasteiger partial charge in [-0.1, -0.05) is 84.9 Å². The third kappa shape index (κ3) is 23.1. The Hall–Kier alpha value is -6.65. The number of allylic oxidation sites excluding steroid dienone is 6. The third-order valence-electron chi connectivity index (χ3n) is 14.3. The summed E-state index contributed by atoms with van der Waals surface area (Å²) in [6, 6.07) is 53.9. The van der Waals surface area contributed by atoms with Crippen LogP contribution in [0.25, 0.3) is 22.3 Å². The van der Waals surface area contributed by atoms with E-state index in [0.29, 0.717) is 0 Å². The molecule has 87 heavy (non-hydrogen) atoms. The van der Waals surface area contributed by atoms with E-state index >= 15 is 0 Å². The van der Waals surface area contributed by atoms with E-state index in [1.54, 1.807) is 0 Å². The molecule has 21 heteroatoms. The maximum absolute atomic E-state index is 8.88. The summed E-state index contributed by atoms with van der Waals surface area (Å²) in [6.07, 6.45) is 9.03. The summed E-state index contributed by atoms with van der Waals surface area (Å²) in [5.74, 6) is 0. The molecule has 18 nitrogen and oxygen atoms in total. The molecule has 7 N–H and O–H groups in total. The van der Waals surface area contributed by atoms with E-state index < -0.39 is 41.3 Å². The maximum atomic E-state index is 8.88. The van der Waals surface area contributed by atoms with Crippen LogP contribution in [0.3, 0.4) is 0 Å². The van der Waals surface area contributed by atoms with Gasteiger partial charge in [0.05, 0.1) is 11.1 Å². The zero-order valence-electron chi connectivity index (χ0n) is 51.4. The standard InChI is InChI=1S/2C33H39N3.Mo.H3O4P.2H2O.6O.W/c2*1-6-34-32-24-23-31(29-13-11-12-14-30(29)32)33(25-15-19-27(20-16-25)35(7-2)8-3)26-17-21-28(22-18-26)36(9-4)10-5;;1-5(2,3)4;;;;;;;;;/h2*11-24H,6-10H2,1-5H3;;(H3,1,2,3,4);2*1H2;;;;;;;/q;;;;;;;;;;2*-1;+2. The van der Waals surface area contributed by atoms with Crippen LogP contribution in [0.15, 0.2) is 170 Å². The van der Waals surface area contributed by atoms with Gasteiger partial charge in [-0.3, -0.25) is 0 Å². The van der Waals surface area contributed by atoms with Crippen LogP contribution < -0.4 is 37.1 Å². The van der Waals surface area contributed by atoms with E-state index in [0.717, 1.165) is 65.4 Å². The average Bonchev–Trinajstić information content (AvgIpc) is 1.02. The first kappa shape index (κ1) is 72.8. The number of fused-ring (bicyclic) bond motifs is 2. The monoisotopic (exact) mass is 1470 g/mol. The van der Waals surface area contributed by atoms with Crippen LogP contribution in [0.2, 0.25) is 0 Å². The fraction of sp³-hybridized carbons (Fsp3) is 0.303. The molecule has 2 aliphatic carbocycles. The molecule has 2 aliphatic rings. The Bertz CT molecular complexity index is 3260. The number of nitrogens with zero attached hydrogens (tertiary/aromatic N) is 4. The Morgan fingerprint density at radius 2 is 0.609 bits per heavy atom. The Kier molecular flexibility index (Phi) is 29.6. The molecule has 0 fully saturated rings. The van der Waals surface area contributed by atoms with Crippen molar-refractivity contribution >= 4 is 64.3 Å². The second kappa shape index (κ2) is 35.4. The predicted octanol–water partition coefficient (Wildman–Crippen LogP) is 6.69. The molecule has 0 aliphatic heterocycles. The van der Waals surface area contributed by atoms with E-state index in [-0.39, 0.29) is 0 Å². The molecular formula is C66H85MoN6O12PW. The van der Waals surface area contributed by atoms with Gasteiger partial charge in [-0.25, -0.2) is 14.5 Å². The van der Waals surface area contributed by atoms with Crippen LogP contribution in [0.5, 0.6) is 0 Å². The molecule has 0 aromatic heterocycles. The van der Waals surface area contributed by atoms with Crippen molar-refractivity contribution in [3.05, 3.63) is 214 Å². The second-order valence-corrected chi connectivity index (χ2v) is 25.7. The van der Waals surface area contributed by atoms with E-state index in [1.807, 2.05) is 0 Å². The van der Waals surface area contributed by atoms with Gasteiger partial charge in [-0.2, -0.15) is 0 Å². The van der Waals surface area contributed by atoms with Crippen molar-refractivity contribution in [3.8, 4) is 0 Å². The van der Waals surface area contributed by atoms with Gasteiger partial charge in [0, 0.05) is 87.3 Å². The van der Waals surface area contributed by atoms with E-state index in [1.165, 1.54) is 101 Å². The van der Waals surface area contributed by atoms with Crippen LogP contribution in [0, 0.1) is 0 Å². The van der Waals surface area contributed by atoms with Gasteiger partial charge in [-0.15, -0.1) is 0 Å². The minimum absolute atomic E-state index is 0.902. The quantitative estimate of drug-likeness (QED) is 0.0349. The topological polar surface area (TPSA) is 274 Å². The molecule has 0 spiro atoms. The normalized spacial score (nSPS) is 13.3. The number of rotatable bonds is 18. The molecule has 0 heterocycles. The summed E-state index contributed by atoms with van der Waals surface area (Å²) in [5.41, 5.74) is 22.5. The summed E-state index contributed by atoms with van der Waals surface area (Å²) in [7, 11) is -4.64. The zero-order chi connectivity index (χ0) is 64.5. The Balaban J connectivity index is 0.000000302. The van der Waals surface area contributed by atoms with Crippen molar-refractivity contribution in [2.24, 2.45) is 0 Å². The number of anilines is 4. The van der Waals surface area contributed by atoms with E-state index in [2.05, 4.69) is 269 Å². The molecule has 0 unspecified atom stereocenters. The van der Waals surface area contributed by atoms with Crippen LogP contribution in [0.4, 0.5) is 22.7 Å². The molecule has 0 bridgehead atoms. The van der Waals surface area contributed by atoms with Crippen molar-refractivity contribution < 1.29 is 91.4 Å². The number of benzene rings is 6. The first-order valence-corrected chi connectivity index (χ1v) is 39.0. The molecule has 6 aromatic rings. The number of nitrogens with one attached hydrogen (secondary N) is 2. The summed E-state index contributed by atoms with van der Waals surface area (Å²) in [4.78, 5) is 38.2. The summed E-state index contributed by atoms with van der Waals surface area (Å²) in [5, 5.41) is 0. The van der Waals surface area contributed by atoms with Gasteiger partial charge < -0.3 is 34.3 Å². The van der Waals surface area contributed by atoms with Crippen LogP contribution in [-0.4, -0.2) is 99.1 Å². The van der Waals surface area contributed by atoms with Crippen molar-refractivity contribution in [2.75, 3.05) is 85.0 Å². The first-order valence-electron chi connectivity index (χ1n) is 29.1. The van der Waals surface area contributed by atoms with Gasteiger partial charge in [0.15, 0.2) is 0 Å². The van der Waals surface area contributed by atoms with Gasteiger partial charge in [0.1, 0.15) is 13.1 Å². The molecule has 8 rings (SSSR count). The van der Waals surface area contributed by atoms with Crippen molar-refractivity contribution in [1.82, 2.24) is 0 Å². The third-order valence-corrected chi connectivity index (χ3v) is 14.3. The van der Waals surface area contributed by atoms with Gasteiger partial charge in [0.25, 0.3) is 0 Å². The Morgan fingerprint density at radius 3 is 0.793 bits per heavy atom. The van der Waals surface area contributed by atoms with Crippen molar-refractivity contribution in [2.45, 2.75) is 69.2 Å². The van der Waals surface area contributed by atoms with Gasteiger partial charge >= 0.3 is 69.9 Å². The number of hydrogen-bond donors (Lipinski definition) is 7. The van der Waals surface area contributed by atoms with Crippen LogP contribution >= 0.6 is 7.82 Å². The Labute approximate surface area is 520 Å². The van der Waals surface area contributed by atoms with E-state index in [4.69, 9.17) is 47.9 Å². The van der Waals surface area contributed by atoms with Gasteiger partial charge in [-0.05, 0) is 198 Å². The van der Waals surface area contributed by atoms with Crippen molar-refractivity contribution in [3.63, 3.8) is 0 Å². The SMILES string of the molecule is CC[NH+]=C1C=CC(=C(c2ccc(N(CC)CC)cc2)c2ccc(N(CC)CC)cc2)c2ccccc21.CC[NH+]=C1C=CC(=C(c2ccc(N(CC)CC)cc2)c2ccc(N(CC)CC)cc2)c2ccccc21.O=P(O)(O)O.[O]=[Mo](=[O])([O-])[O-].[O]=[W](=[O])([OH])[OH]. The average molecular weight is 1470 g/mol. The molecule has 0 saturated carbocycles. The summed E-state index contributed by atoms with van der Waals surface area (Å²) < 4.78 is 75.5. The molecule has 0 saturated heterocycles. The van der Waals surface area contributed by atoms with Crippen molar-refractivity contribution in [1.29, 1.82) is 0 Å².